The van der Waals surface area contributed by atoms with E-state index in [2.05, 4.69) is 34.1 Å². The van der Waals surface area contributed by atoms with E-state index in [1.165, 1.54) is 22.4 Å². The Morgan fingerprint density at radius 2 is 2.11 bits per heavy atom. The molecular formula is C15H16BrNO. The third kappa shape index (κ3) is 1.91. The Morgan fingerprint density at radius 3 is 2.89 bits per heavy atom. The van der Waals surface area contributed by atoms with E-state index in [1.54, 1.807) is 6.92 Å². The Hall–Kier alpha value is -1.09. The highest BCUT2D eigenvalue weighted by atomic mass is 79.9. The molecule has 0 N–H and O–H groups in total. The van der Waals surface area contributed by atoms with E-state index in [4.69, 9.17) is 0 Å². The van der Waals surface area contributed by atoms with Crippen LogP contribution in [0.3, 0.4) is 0 Å². The largest absolute Gasteiger partial charge is 0.316 e. The SMILES string of the molecule is CC(=O)N1CCCC2=C1CCc1cc(Br)ccc12. The van der Waals surface area contributed by atoms with E-state index in [-0.39, 0.29) is 5.91 Å². The average molecular weight is 306 g/mol. The average Bonchev–Trinajstić information content (AvgIpc) is 2.37. The second-order valence-electron chi connectivity index (χ2n) is 5.00. The number of benzene rings is 1. The van der Waals surface area contributed by atoms with Gasteiger partial charge in [-0.15, -0.1) is 0 Å². The Bertz CT molecular complexity index is 547. The Kier molecular flexibility index (Phi) is 3.02. The van der Waals surface area contributed by atoms with Crippen LogP contribution >= 0.6 is 15.9 Å². The Morgan fingerprint density at radius 1 is 1.28 bits per heavy atom. The predicted octanol–water partition coefficient (Wildman–Crippen LogP) is 3.75. The minimum absolute atomic E-state index is 0.183. The second-order valence-corrected chi connectivity index (χ2v) is 5.92. The fourth-order valence-corrected chi connectivity index (χ4v) is 3.50. The van der Waals surface area contributed by atoms with E-state index >= 15 is 0 Å². The number of fused-ring (bicyclic) bond motifs is 2. The summed E-state index contributed by atoms with van der Waals surface area (Å²) in [5.74, 6) is 0.183. The Balaban J connectivity index is 2.11. The van der Waals surface area contributed by atoms with Crippen LogP contribution in [0.5, 0.6) is 0 Å². The molecule has 0 saturated heterocycles. The summed E-state index contributed by atoms with van der Waals surface area (Å²) in [6, 6.07) is 6.50. The number of amides is 1. The van der Waals surface area contributed by atoms with Crippen LogP contribution < -0.4 is 0 Å². The zero-order valence-corrected chi connectivity index (χ0v) is 12.1. The molecule has 0 radical (unpaired) electrons. The molecule has 1 amide bonds. The number of allylic oxidation sites excluding steroid dienone is 2. The van der Waals surface area contributed by atoms with Crippen LogP contribution in [0, 0.1) is 0 Å². The lowest BCUT2D eigenvalue weighted by Crippen LogP contribution is -2.34. The van der Waals surface area contributed by atoms with Gasteiger partial charge in [-0.25, -0.2) is 0 Å². The number of hydrogen-bond acceptors (Lipinski definition) is 1. The predicted molar refractivity (Wildman–Crippen MR) is 76.0 cm³/mol. The standard InChI is InChI=1S/C15H16BrNO/c1-10(18)17-8-2-3-14-13-6-5-12(16)9-11(13)4-7-15(14)17/h5-6,9H,2-4,7-8H2,1H3. The van der Waals surface area contributed by atoms with Gasteiger partial charge >= 0.3 is 0 Å². The molecule has 1 aliphatic carbocycles. The molecule has 94 valence electrons. The number of hydrogen-bond donors (Lipinski definition) is 0. The number of carbonyl (C=O) groups excluding carboxylic acids is 1. The maximum Gasteiger partial charge on any atom is 0.223 e. The van der Waals surface area contributed by atoms with E-state index < -0.39 is 0 Å². The highest BCUT2D eigenvalue weighted by Crippen LogP contribution is 2.39. The number of aryl methyl sites for hydroxylation is 1. The first-order valence-corrected chi connectivity index (χ1v) is 7.25. The van der Waals surface area contributed by atoms with Gasteiger partial charge < -0.3 is 4.90 Å². The maximum absolute atomic E-state index is 11.7. The lowest BCUT2D eigenvalue weighted by atomic mass is 9.84. The van der Waals surface area contributed by atoms with Crippen molar-refractivity contribution in [3.63, 3.8) is 0 Å². The van der Waals surface area contributed by atoms with E-state index in [0.717, 1.165) is 36.7 Å². The van der Waals surface area contributed by atoms with E-state index in [1.807, 2.05) is 4.90 Å². The lowest BCUT2D eigenvalue weighted by molar-refractivity contribution is -0.127. The second kappa shape index (κ2) is 4.54. The molecule has 18 heavy (non-hydrogen) atoms. The molecule has 1 aromatic rings. The molecule has 0 spiro atoms. The molecule has 3 rings (SSSR count). The molecular weight excluding hydrogens is 290 g/mol. The maximum atomic E-state index is 11.7. The third-order valence-electron chi connectivity index (χ3n) is 3.89. The minimum Gasteiger partial charge on any atom is -0.316 e. The molecule has 2 nitrogen and oxygen atoms in total. The van der Waals surface area contributed by atoms with Gasteiger partial charge in [-0.3, -0.25) is 4.79 Å². The smallest absolute Gasteiger partial charge is 0.223 e. The van der Waals surface area contributed by atoms with Crippen molar-refractivity contribution in [2.24, 2.45) is 0 Å². The van der Waals surface area contributed by atoms with Crippen LogP contribution in [0.4, 0.5) is 0 Å². The topological polar surface area (TPSA) is 20.3 Å². The van der Waals surface area contributed by atoms with Gasteiger partial charge in [0.1, 0.15) is 0 Å². The van der Waals surface area contributed by atoms with Crippen LogP contribution in [0.25, 0.3) is 5.57 Å². The highest BCUT2D eigenvalue weighted by Gasteiger charge is 2.27. The quantitative estimate of drug-likeness (QED) is 0.715. The molecule has 1 heterocycles. The summed E-state index contributed by atoms with van der Waals surface area (Å²) >= 11 is 3.53. The lowest BCUT2D eigenvalue weighted by Gasteiger charge is -2.35. The number of nitrogens with zero attached hydrogens (tertiary/aromatic N) is 1. The normalized spacial score (nSPS) is 18.4. The van der Waals surface area contributed by atoms with Gasteiger partial charge in [0.15, 0.2) is 0 Å². The van der Waals surface area contributed by atoms with Crippen molar-refractivity contribution in [3.8, 4) is 0 Å². The highest BCUT2D eigenvalue weighted by molar-refractivity contribution is 9.10. The first-order chi connectivity index (χ1) is 8.66. The Labute approximate surface area is 116 Å². The fraction of sp³-hybridized carbons (Fsp3) is 0.400. The van der Waals surface area contributed by atoms with Crippen LogP contribution in [0.2, 0.25) is 0 Å². The van der Waals surface area contributed by atoms with Gasteiger partial charge in [-0.2, -0.15) is 0 Å². The molecule has 0 saturated carbocycles. The van der Waals surface area contributed by atoms with Gasteiger partial charge in [0, 0.05) is 23.6 Å². The first-order valence-electron chi connectivity index (χ1n) is 6.46. The van der Waals surface area contributed by atoms with Gasteiger partial charge in [-0.05, 0) is 54.5 Å². The summed E-state index contributed by atoms with van der Waals surface area (Å²) in [5.41, 5.74) is 5.42. The molecule has 0 fully saturated rings. The molecule has 1 aromatic carbocycles. The van der Waals surface area contributed by atoms with Crippen LogP contribution in [-0.4, -0.2) is 17.4 Å². The van der Waals surface area contributed by atoms with Crippen molar-refractivity contribution in [2.45, 2.75) is 32.6 Å². The van der Waals surface area contributed by atoms with Gasteiger partial charge in [0.25, 0.3) is 0 Å². The summed E-state index contributed by atoms with van der Waals surface area (Å²) in [5, 5.41) is 0. The van der Waals surface area contributed by atoms with Gasteiger partial charge in [0.05, 0.1) is 0 Å². The molecule has 1 aliphatic heterocycles. The van der Waals surface area contributed by atoms with Gasteiger partial charge in [-0.1, -0.05) is 22.0 Å². The molecule has 0 atom stereocenters. The molecule has 0 bridgehead atoms. The number of carbonyl (C=O) groups is 1. The van der Waals surface area contributed by atoms with Crippen molar-refractivity contribution in [1.82, 2.24) is 4.90 Å². The van der Waals surface area contributed by atoms with Crippen LogP contribution in [0.1, 0.15) is 37.3 Å². The summed E-state index contributed by atoms with van der Waals surface area (Å²) in [6.07, 6.45) is 4.22. The number of rotatable bonds is 0. The summed E-state index contributed by atoms with van der Waals surface area (Å²) in [6.45, 7) is 2.56. The van der Waals surface area contributed by atoms with Crippen molar-refractivity contribution in [1.29, 1.82) is 0 Å². The fourth-order valence-electron chi connectivity index (χ4n) is 3.10. The van der Waals surface area contributed by atoms with Crippen molar-refractivity contribution in [3.05, 3.63) is 39.5 Å². The third-order valence-corrected chi connectivity index (χ3v) is 4.38. The summed E-state index contributed by atoms with van der Waals surface area (Å²) in [4.78, 5) is 13.7. The monoisotopic (exact) mass is 305 g/mol. The van der Waals surface area contributed by atoms with Crippen LogP contribution in [0.15, 0.2) is 28.4 Å². The zero-order valence-electron chi connectivity index (χ0n) is 10.5. The minimum atomic E-state index is 0.183. The van der Waals surface area contributed by atoms with Crippen LogP contribution in [-0.2, 0) is 11.2 Å². The number of halogens is 1. The van der Waals surface area contributed by atoms with E-state index in [0.29, 0.717) is 0 Å². The summed E-state index contributed by atoms with van der Waals surface area (Å²) < 4.78 is 1.14. The van der Waals surface area contributed by atoms with Crippen molar-refractivity contribution < 1.29 is 4.79 Å². The summed E-state index contributed by atoms with van der Waals surface area (Å²) in [7, 11) is 0. The molecule has 2 aliphatic rings. The molecule has 0 unspecified atom stereocenters. The molecule has 0 aromatic heterocycles. The van der Waals surface area contributed by atoms with E-state index in [9.17, 15) is 4.79 Å². The molecule has 3 heteroatoms. The van der Waals surface area contributed by atoms with Gasteiger partial charge in [0.2, 0.25) is 5.91 Å². The zero-order chi connectivity index (χ0) is 12.7. The van der Waals surface area contributed by atoms with Crippen molar-refractivity contribution in [2.75, 3.05) is 6.54 Å². The first kappa shape index (κ1) is 12.0. The van der Waals surface area contributed by atoms with Crippen molar-refractivity contribution >= 4 is 27.4 Å².